The Labute approximate surface area is 239 Å². The van der Waals surface area contributed by atoms with Crippen LogP contribution in [0.4, 0.5) is 0 Å². The third kappa shape index (κ3) is 3.58. The second-order valence-corrected chi connectivity index (χ2v) is 12.1. The van der Waals surface area contributed by atoms with Gasteiger partial charge < -0.3 is 0 Å². The first-order valence-electron chi connectivity index (χ1n) is 13.2. The van der Waals surface area contributed by atoms with E-state index >= 15 is 0 Å². The Balaban J connectivity index is 1.44. The topological polar surface area (TPSA) is 23.8 Å². The van der Waals surface area contributed by atoms with Gasteiger partial charge in [-0.05, 0) is 69.8 Å². The van der Waals surface area contributed by atoms with Crippen LogP contribution in [-0.2, 0) is 0 Å². The number of rotatable bonds is 3. The van der Waals surface area contributed by atoms with Gasteiger partial charge in [-0.15, -0.1) is 22.7 Å². The standard InChI is InChI=1S/C37H21NS2/c38-22-23-9-1-2-10-27(23)24-19-25(28-13-7-15-32-30-11-3-5-17-34(30)39-36(28)32)21-26(20-24)29-14-8-16-33-31-12-4-6-18-35(31)40-37(29)33/h1-21H. The van der Waals surface area contributed by atoms with E-state index < -0.39 is 0 Å². The number of hydrogen-bond acceptors (Lipinski definition) is 3. The minimum atomic E-state index is 0.686. The van der Waals surface area contributed by atoms with Crippen LogP contribution in [-0.4, -0.2) is 0 Å². The molecule has 0 aliphatic rings. The van der Waals surface area contributed by atoms with Crippen molar-refractivity contribution in [1.82, 2.24) is 0 Å². The van der Waals surface area contributed by atoms with Crippen molar-refractivity contribution in [2.75, 3.05) is 0 Å². The molecule has 0 unspecified atom stereocenters. The molecule has 2 aromatic heterocycles. The van der Waals surface area contributed by atoms with Gasteiger partial charge in [0.2, 0.25) is 0 Å². The van der Waals surface area contributed by atoms with Gasteiger partial charge in [-0.2, -0.15) is 5.26 Å². The van der Waals surface area contributed by atoms with E-state index in [0.717, 1.165) is 22.3 Å². The van der Waals surface area contributed by atoms with E-state index in [9.17, 15) is 5.26 Å². The highest BCUT2D eigenvalue weighted by molar-refractivity contribution is 7.26. The van der Waals surface area contributed by atoms with Crippen LogP contribution in [0.25, 0.3) is 73.7 Å². The van der Waals surface area contributed by atoms with Crippen molar-refractivity contribution in [2.24, 2.45) is 0 Å². The van der Waals surface area contributed by atoms with Gasteiger partial charge in [-0.1, -0.05) is 91.0 Å². The average molecular weight is 544 g/mol. The van der Waals surface area contributed by atoms with E-state index in [4.69, 9.17) is 0 Å². The Kier molecular flexibility index (Phi) is 5.31. The molecule has 0 aliphatic heterocycles. The molecule has 0 fully saturated rings. The summed E-state index contributed by atoms with van der Waals surface area (Å²) in [5.41, 5.74) is 7.47. The van der Waals surface area contributed by atoms with Crippen LogP contribution in [0.1, 0.15) is 5.56 Å². The van der Waals surface area contributed by atoms with Crippen molar-refractivity contribution in [1.29, 1.82) is 5.26 Å². The van der Waals surface area contributed by atoms with Crippen LogP contribution in [0, 0.1) is 11.3 Å². The number of fused-ring (bicyclic) bond motifs is 6. The molecule has 0 saturated heterocycles. The Morgan fingerprint density at radius 1 is 0.425 bits per heavy atom. The molecule has 6 aromatic carbocycles. The zero-order valence-electron chi connectivity index (χ0n) is 21.4. The van der Waals surface area contributed by atoms with Crippen LogP contribution >= 0.6 is 22.7 Å². The summed E-state index contributed by atoms with van der Waals surface area (Å²) in [6, 6.07) is 47.7. The lowest BCUT2D eigenvalue weighted by Gasteiger charge is -2.13. The first-order valence-corrected chi connectivity index (χ1v) is 14.9. The lowest BCUT2D eigenvalue weighted by Crippen LogP contribution is -1.89. The summed E-state index contributed by atoms with van der Waals surface area (Å²) in [7, 11) is 0. The SMILES string of the molecule is N#Cc1ccccc1-c1cc(-c2cccc3c2sc2ccccc23)cc(-c2cccc3c2sc2ccccc23)c1. The van der Waals surface area contributed by atoms with E-state index in [1.54, 1.807) is 0 Å². The zero-order valence-corrected chi connectivity index (χ0v) is 23.0. The normalized spacial score (nSPS) is 11.5. The molecule has 2 heterocycles. The van der Waals surface area contributed by atoms with Gasteiger partial charge in [-0.3, -0.25) is 0 Å². The lowest BCUT2D eigenvalue weighted by molar-refractivity contribution is 1.48. The van der Waals surface area contributed by atoms with Crippen molar-refractivity contribution < 1.29 is 0 Å². The van der Waals surface area contributed by atoms with E-state index in [1.165, 1.54) is 51.5 Å². The van der Waals surface area contributed by atoms with Gasteiger partial charge in [0.15, 0.2) is 0 Å². The molecule has 0 N–H and O–H groups in total. The number of hydrogen-bond donors (Lipinski definition) is 0. The molecule has 0 radical (unpaired) electrons. The molecular weight excluding hydrogens is 523 g/mol. The molecule has 40 heavy (non-hydrogen) atoms. The van der Waals surface area contributed by atoms with E-state index in [0.29, 0.717) is 5.56 Å². The Morgan fingerprint density at radius 3 is 1.40 bits per heavy atom. The summed E-state index contributed by atoms with van der Waals surface area (Å²) in [5, 5.41) is 15.1. The van der Waals surface area contributed by atoms with Crippen molar-refractivity contribution in [2.45, 2.75) is 0 Å². The molecular formula is C37H21NS2. The highest BCUT2D eigenvalue weighted by Crippen LogP contribution is 2.44. The summed E-state index contributed by atoms with van der Waals surface area (Å²) in [4.78, 5) is 0. The summed E-state index contributed by atoms with van der Waals surface area (Å²) in [5.74, 6) is 0. The summed E-state index contributed by atoms with van der Waals surface area (Å²) in [6.07, 6.45) is 0. The molecule has 8 rings (SSSR count). The average Bonchev–Trinajstić information content (AvgIpc) is 3.59. The monoisotopic (exact) mass is 543 g/mol. The molecule has 1 nitrogen and oxygen atoms in total. The molecule has 0 amide bonds. The van der Waals surface area contributed by atoms with Crippen molar-refractivity contribution in [3.8, 4) is 39.4 Å². The summed E-state index contributed by atoms with van der Waals surface area (Å²) < 4.78 is 5.18. The van der Waals surface area contributed by atoms with Crippen LogP contribution in [0.15, 0.2) is 127 Å². The van der Waals surface area contributed by atoms with Gasteiger partial charge in [0.1, 0.15) is 0 Å². The molecule has 0 aliphatic carbocycles. The molecule has 0 atom stereocenters. The third-order valence-electron chi connectivity index (χ3n) is 7.72. The number of nitrogens with zero attached hydrogens (tertiary/aromatic N) is 1. The first-order chi connectivity index (χ1) is 19.8. The number of nitriles is 1. The number of thiophene rings is 2. The summed E-state index contributed by atoms with van der Waals surface area (Å²) in [6.45, 7) is 0. The van der Waals surface area contributed by atoms with E-state index in [1.807, 2.05) is 40.9 Å². The molecule has 3 heteroatoms. The van der Waals surface area contributed by atoms with Crippen molar-refractivity contribution in [3.05, 3.63) is 133 Å². The van der Waals surface area contributed by atoms with E-state index in [2.05, 4.69) is 115 Å². The minimum absolute atomic E-state index is 0.686. The predicted molar refractivity (Wildman–Crippen MR) is 173 cm³/mol. The van der Waals surface area contributed by atoms with Crippen molar-refractivity contribution >= 4 is 63.0 Å². The number of benzene rings is 6. The molecule has 186 valence electrons. The maximum atomic E-state index is 9.95. The van der Waals surface area contributed by atoms with Gasteiger partial charge in [0.05, 0.1) is 11.6 Å². The lowest BCUT2D eigenvalue weighted by atomic mass is 9.91. The van der Waals surface area contributed by atoms with E-state index in [-0.39, 0.29) is 0 Å². The molecule has 0 bridgehead atoms. The minimum Gasteiger partial charge on any atom is -0.192 e. The Bertz CT molecular complexity index is 2160. The fourth-order valence-electron chi connectivity index (χ4n) is 5.88. The zero-order chi connectivity index (χ0) is 26.6. The second kappa shape index (κ2) is 9.17. The Morgan fingerprint density at radius 2 is 0.850 bits per heavy atom. The molecule has 0 spiro atoms. The summed E-state index contributed by atoms with van der Waals surface area (Å²) >= 11 is 3.70. The highest BCUT2D eigenvalue weighted by atomic mass is 32.1. The maximum absolute atomic E-state index is 9.95. The maximum Gasteiger partial charge on any atom is 0.0998 e. The fraction of sp³-hybridized carbons (Fsp3) is 0. The Hall–Kier alpha value is -4.75. The van der Waals surface area contributed by atoms with Crippen molar-refractivity contribution in [3.63, 3.8) is 0 Å². The molecule has 8 aromatic rings. The predicted octanol–water partition coefficient (Wildman–Crippen LogP) is 11.3. The van der Waals surface area contributed by atoms with Crippen LogP contribution in [0.5, 0.6) is 0 Å². The second-order valence-electron chi connectivity index (χ2n) is 10.0. The fourth-order valence-corrected chi connectivity index (χ4v) is 8.35. The first kappa shape index (κ1) is 23.2. The smallest absolute Gasteiger partial charge is 0.0998 e. The van der Waals surface area contributed by atoms with Gasteiger partial charge >= 0.3 is 0 Å². The van der Waals surface area contributed by atoms with Gasteiger partial charge in [0, 0.05) is 40.3 Å². The van der Waals surface area contributed by atoms with Crippen LogP contribution in [0.3, 0.4) is 0 Å². The highest BCUT2D eigenvalue weighted by Gasteiger charge is 2.16. The quantitative estimate of drug-likeness (QED) is 0.217. The largest absolute Gasteiger partial charge is 0.192 e. The van der Waals surface area contributed by atoms with Gasteiger partial charge in [0.25, 0.3) is 0 Å². The van der Waals surface area contributed by atoms with Crippen LogP contribution < -0.4 is 0 Å². The van der Waals surface area contributed by atoms with Gasteiger partial charge in [-0.25, -0.2) is 0 Å². The molecule has 0 saturated carbocycles. The van der Waals surface area contributed by atoms with Crippen LogP contribution in [0.2, 0.25) is 0 Å². The third-order valence-corrected chi connectivity index (χ3v) is 10.2.